The van der Waals surface area contributed by atoms with Crippen LogP contribution in [-0.4, -0.2) is 17.0 Å². The van der Waals surface area contributed by atoms with E-state index in [0.717, 1.165) is 6.42 Å². The van der Waals surface area contributed by atoms with Crippen LogP contribution in [0.4, 0.5) is 5.69 Å². The predicted molar refractivity (Wildman–Crippen MR) is 56.9 cm³/mol. The number of hydrogen-bond donors (Lipinski definition) is 2. The molecule has 1 fully saturated rings. The van der Waals surface area contributed by atoms with Gasteiger partial charge >= 0.3 is 5.97 Å². The molecule has 5 heteroatoms. The Balaban J connectivity index is 2.10. The fourth-order valence-electron chi connectivity index (χ4n) is 1.65. The van der Waals surface area contributed by atoms with E-state index in [4.69, 9.17) is 5.11 Å². The number of rotatable bonds is 3. The normalized spacial score (nSPS) is 17.9. The van der Waals surface area contributed by atoms with Crippen molar-refractivity contribution in [2.75, 3.05) is 5.32 Å². The molecule has 4 nitrogen and oxygen atoms in total. The Labute approximate surface area is 90.9 Å². The highest BCUT2D eigenvalue weighted by atomic mass is 32.1. The molecule has 80 valence electrons. The minimum atomic E-state index is -1.18. The Kier molecular flexibility index (Phi) is 2.48. The Morgan fingerprint density at radius 3 is 2.60 bits per heavy atom. The summed E-state index contributed by atoms with van der Waals surface area (Å²) < 4.78 is 0. The lowest BCUT2D eigenvalue weighted by molar-refractivity contribution is -0.159. The predicted octanol–water partition coefficient (Wildman–Crippen LogP) is 1.94. The number of carboxylic acid groups (broad SMARTS) is 1. The van der Waals surface area contributed by atoms with Crippen LogP contribution in [0.3, 0.4) is 0 Å². The van der Waals surface area contributed by atoms with Gasteiger partial charge in [0.25, 0.3) is 0 Å². The molecule has 1 saturated carbocycles. The Morgan fingerprint density at radius 2 is 2.20 bits per heavy atom. The van der Waals surface area contributed by atoms with Gasteiger partial charge in [0.1, 0.15) is 5.41 Å². The number of anilines is 1. The van der Waals surface area contributed by atoms with E-state index in [2.05, 4.69) is 5.32 Å². The maximum Gasteiger partial charge on any atom is 0.319 e. The van der Waals surface area contributed by atoms with E-state index < -0.39 is 11.4 Å². The van der Waals surface area contributed by atoms with E-state index in [-0.39, 0.29) is 5.91 Å². The van der Waals surface area contributed by atoms with Crippen LogP contribution in [0.5, 0.6) is 0 Å². The van der Waals surface area contributed by atoms with Crippen LogP contribution in [0.25, 0.3) is 0 Å². The standard InChI is InChI=1S/C10H11NO3S/c12-8(11-7-2-5-15-6-7)10(9(13)14)3-1-4-10/h2,5-6H,1,3-4H2,(H,11,12)(H,13,14). The topological polar surface area (TPSA) is 66.4 Å². The molecule has 1 heterocycles. The molecular formula is C10H11NO3S. The third-order valence-electron chi connectivity index (χ3n) is 2.83. The second-order valence-electron chi connectivity index (χ2n) is 3.71. The Bertz CT molecular complexity index is 381. The van der Waals surface area contributed by atoms with Gasteiger partial charge in [0.15, 0.2) is 0 Å². The number of amides is 1. The lowest BCUT2D eigenvalue weighted by Crippen LogP contribution is -2.48. The minimum Gasteiger partial charge on any atom is -0.480 e. The van der Waals surface area contributed by atoms with Gasteiger partial charge in [-0.3, -0.25) is 9.59 Å². The van der Waals surface area contributed by atoms with Crippen LogP contribution in [-0.2, 0) is 9.59 Å². The number of carbonyl (C=O) groups is 2. The molecule has 0 radical (unpaired) electrons. The molecular weight excluding hydrogens is 214 g/mol. The smallest absolute Gasteiger partial charge is 0.319 e. The van der Waals surface area contributed by atoms with E-state index in [9.17, 15) is 9.59 Å². The summed E-state index contributed by atoms with van der Waals surface area (Å²) in [5, 5.41) is 15.3. The molecule has 0 unspecified atom stereocenters. The van der Waals surface area contributed by atoms with E-state index >= 15 is 0 Å². The third kappa shape index (κ3) is 1.63. The lowest BCUT2D eigenvalue weighted by atomic mass is 9.68. The second kappa shape index (κ2) is 3.66. The van der Waals surface area contributed by atoms with Crippen LogP contribution < -0.4 is 5.32 Å². The zero-order valence-electron chi connectivity index (χ0n) is 8.03. The molecule has 0 aromatic carbocycles. The van der Waals surface area contributed by atoms with E-state index in [1.54, 1.807) is 11.4 Å². The molecule has 0 spiro atoms. The zero-order valence-corrected chi connectivity index (χ0v) is 8.84. The lowest BCUT2D eigenvalue weighted by Gasteiger charge is -2.35. The molecule has 2 rings (SSSR count). The van der Waals surface area contributed by atoms with Gasteiger partial charge in [-0.25, -0.2) is 0 Å². The van der Waals surface area contributed by atoms with Crippen LogP contribution in [0.1, 0.15) is 19.3 Å². The highest BCUT2D eigenvalue weighted by Gasteiger charge is 2.51. The van der Waals surface area contributed by atoms with Gasteiger partial charge in [-0.2, -0.15) is 11.3 Å². The van der Waals surface area contributed by atoms with Crippen molar-refractivity contribution in [3.63, 3.8) is 0 Å². The highest BCUT2D eigenvalue weighted by molar-refractivity contribution is 7.08. The maximum absolute atomic E-state index is 11.8. The largest absolute Gasteiger partial charge is 0.480 e. The summed E-state index contributed by atoms with van der Waals surface area (Å²) >= 11 is 1.46. The number of carbonyl (C=O) groups excluding carboxylic acids is 1. The molecule has 1 aliphatic carbocycles. The van der Waals surface area contributed by atoms with Crippen molar-refractivity contribution in [1.82, 2.24) is 0 Å². The fraction of sp³-hybridized carbons (Fsp3) is 0.400. The van der Waals surface area contributed by atoms with Crippen molar-refractivity contribution in [2.45, 2.75) is 19.3 Å². The molecule has 0 saturated heterocycles. The van der Waals surface area contributed by atoms with Gasteiger partial charge < -0.3 is 10.4 Å². The average Bonchev–Trinajstić information content (AvgIpc) is 2.53. The SMILES string of the molecule is O=C(O)C1(C(=O)Nc2ccsc2)CCC1. The fourth-order valence-corrected chi connectivity index (χ4v) is 2.24. The summed E-state index contributed by atoms with van der Waals surface area (Å²) in [6, 6.07) is 1.76. The summed E-state index contributed by atoms with van der Waals surface area (Å²) in [6.45, 7) is 0. The van der Waals surface area contributed by atoms with Crippen molar-refractivity contribution in [3.8, 4) is 0 Å². The summed E-state index contributed by atoms with van der Waals surface area (Å²) in [6.07, 6.45) is 1.69. The van der Waals surface area contributed by atoms with Crippen LogP contribution >= 0.6 is 11.3 Å². The number of thiophene rings is 1. The second-order valence-corrected chi connectivity index (χ2v) is 4.49. The molecule has 1 aliphatic rings. The van der Waals surface area contributed by atoms with Crippen LogP contribution in [0.2, 0.25) is 0 Å². The first-order chi connectivity index (χ1) is 7.15. The molecule has 1 amide bonds. The van der Waals surface area contributed by atoms with E-state index in [1.165, 1.54) is 11.3 Å². The Hall–Kier alpha value is -1.36. The summed E-state index contributed by atoms with van der Waals surface area (Å²) in [7, 11) is 0. The monoisotopic (exact) mass is 225 g/mol. The number of aliphatic carboxylic acids is 1. The van der Waals surface area contributed by atoms with Crippen molar-refractivity contribution in [3.05, 3.63) is 16.8 Å². The number of carboxylic acids is 1. The zero-order chi connectivity index (χ0) is 10.9. The van der Waals surface area contributed by atoms with Gasteiger partial charge in [0, 0.05) is 5.38 Å². The summed E-state index contributed by atoms with van der Waals surface area (Å²) in [5.41, 5.74) is -0.500. The van der Waals surface area contributed by atoms with Crippen LogP contribution in [0, 0.1) is 5.41 Å². The molecule has 0 aliphatic heterocycles. The van der Waals surface area contributed by atoms with Crippen LogP contribution in [0.15, 0.2) is 16.8 Å². The molecule has 1 aromatic heterocycles. The van der Waals surface area contributed by atoms with Crippen molar-refractivity contribution in [1.29, 1.82) is 0 Å². The number of hydrogen-bond acceptors (Lipinski definition) is 3. The summed E-state index contributed by atoms with van der Waals surface area (Å²) in [5.74, 6) is -1.40. The quantitative estimate of drug-likeness (QED) is 0.772. The van der Waals surface area contributed by atoms with Crippen molar-refractivity contribution in [2.24, 2.45) is 5.41 Å². The maximum atomic E-state index is 11.8. The Morgan fingerprint density at radius 1 is 1.47 bits per heavy atom. The van der Waals surface area contributed by atoms with Crippen molar-refractivity contribution >= 4 is 28.9 Å². The van der Waals surface area contributed by atoms with Crippen molar-refractivity contribution < 1.29 is 14.7 Å². The highest BCUT2D eigenvalue weighted by Crippen LogP contribution is 2.42. The first-order valence-corrected chi connectivity index (χ1v) is 5.66. The van der Waals surface area contributed by atoms with Gasteiger partial charge in [0.2, 0.25) is 5.91 Å². The first kappa shape index (κ1) is 10.2. The molecule has 0 bridgehead atoms. The van der Waals surface area contributed by atoms with Gasteiger partial charge in [-0.05, 0) is 24.3 Å². The van der Waals surface area contributed by atoms with Gasteiger partial charge in [0.05, 0.1) is 5.69 Å². The van der Waals surface area contributed by atoms with E-state index in [0.29, 0.717) is 18.5 Å². The minimum absolute atomic E-state index is 0.389. The third-order valence-corrected chi connectivity index (χ3v) is 3.51. The first-order valence-electron chi connectivity index (χ1n) is 4.72. The molecule has 15 heavy (non-hydrogen) atoms. The summed E-state index contributed by atoms with van der Waals surface area (Å²) in [4.78, 5) is 22.8. The average molecular weight is 225 g/mol. The van der Waals surface area contributed by atoms with Gasteiger partial charge in [-0.1, -0.05) is 6.42 Å². The van der Waals surface area contributed by atoms with Gasteiger partial charge in [-0.15, -0.1) is 0 Å². The molecule has 2 N–H and O–H groups in total. The number of nitrogens with one attached hydrogen (secondary N) is 1. The molecule has 1 aromatic rings. The van der Waals surface area contributed by atoms with E-state index in [1.807, 2.05) is 5.38 Å². The molecule has 0 atom stereocenters.